The summed E-state index contributed by atoms with van der Waals surface area (Å²) in [6.07, 6.45) is 0. The minimum absolute atomic E-state index is 0.381. The minimum Gasteiger partial charge on any atom is -0.228 e. The largest absolute Gasteiger partial charge is 0.228 e. The van der Waals surface area contributed by atoms with Crippen LogP contribution in [0.15, 0.2) is 216 Å². The first kappa shape index (κ1) is 32.6. The van der Waals surface area contributed by atoms with Crippen molar-refractivity contribution < 1.29 is 0 Å². The number of aromatic nitrogens is 2. The van der Waals surface area contributed by atoms with Gasteiger partial charge in [-0.1, -0.05) is 206 Å². The van der Waals surface area contributed by atoms with Crippen molar-refractivity contribution in [1.29, 1.82) is 0 Å². The third-order valence-corrected chi connectivity index (χ3v) is 12.6. The maximum Gasteiger partial charge on any atom is 0.160 e. The molecular formula is C53H34N2S. The summed E-state index contributed by atoms with van der Waals surface area (Å²) in [5.41, 5.74) is 17.4. The van der Waals surface area contributed by atoms with Gasteiger partial charge in [0, 0.05) is 26.5 Å². The molecule has 1 spiro atoms. The molecule has 0 amide bonds. The van der Waals surface area contributed by atoms with Crippen LogP contribution in [-0.4, -0.2) is 9.97 Å². The van der Waals surface area contributed by atoms with Gasteiger partial charge in [0.05, 0.1) is 16.8 Å². The first-order chi connectivity index (χ1) is 27.8. The molecule has 9 aromatic rings. The second kappa shape index (κ2) is 13.2. The van der Waals surface area contributed by atoms with E-state index in [-0.39, 0.29) is 5.41 Å². The van der Waals surface area contributed by atoms with Gasteiger partial charge in [0.15, 0.2) is 5.82 Å². The summed E-state index contributed by atoms with van der Waals surface area (Å²) < 4.78 is 0. The summed E-state index contributed by atoms with van der Waals surface area (Å²) in [6, 6.07) is 74.3. The summed E-state index contributed by atoms with van der Waals surface area (Å²) in [6.45, 7) is 0. The summed E-state index contributed by atoms with van der Waals surface area (Å²) >= 11 is 1.90. The molecule has 1 aliphatic carbocycles. The molecule has 0 saturated carbocycles. The van der Waals surface area contributed by atoms with Crippen molar-refractivity contribution in [2.75, 3.05) is 0 Å². The highest BCUT2D eigenvalue weighted by Gasteiger charge is 2.50. The van der Waals surface area contributed by atoms with E-state index < -0.39 is 0 Å². The average Bonchev–Trinajstić information content (AvgIpc) is 3.57. The standard InChI is InChI=1S/C53H34N2S/c1-3-14-38(15-4-1)48-34-49(39-16-5-2-6-17-39)55-52(54-48)40-32-28-36(29-33-40)35-26-30-37(31-27-35)41-20-13-24-47-51(41)56-50-25-12-11-23-46(50)53(47)44-21-9-7-18-42(44)43-19-8-10-22-45(43)53/h1-34H. The lowest BCUT2D eigenvalue weighted by molar-refractivity contribution is 0.723. The zero-order valence-corrected chi connectivity index (χ0v) is 31.2. The van der Waals surface area contributed by atoms with Crippen molar-refractivity contribution >= 4 is 11.8 Å². The molecule has 0 atom stereocenters. The molecule has 262 valence electrons. The van der Waals surface area contributed by atoms with Gasteiger partial charge in [-0.05, 0) is 67.8 Å². The van der Waals surface area contributed by atoms with Gasteiger partial charge in [-0.15, -0.1) is 0 Å². The third-order valence-electron chi connectivity index (χ3n) is 11.4. The van der Waals surface area contributed by atoms with Crippen LogP contribution in [0, 0.1) is 0 Å². The van der Waals surface area contributed by atoms with Crippen LogP contribution in [0.1, 0.15) is 22.3 Å². The van der Waals surface area contributed by atoms with E-state index in [1.54, 1.807) is 0 Å². The van der Waals surface area contributed by atoms with Crippen molar-refractivity contribution in [1.82, 2.24) is 9.97 Å². The van der Waals surface area contributed by atoms with E-state index in [1.165, 1.54) is 59.9 Å². The van der Waals surface area contributed by atoms with Crippen LogP contribution in [0.4, 0.5) is 0 Å². The molecule has 8 aromatic carbocycles. The number of hydrogen-bond donors (Lipinski definition) is 0. The molecule has 2 aliphatic rings. The van der Waals surface area contributed by atoms with Crippen molar-refractivity contribution in [2.24, 2.45) is 0 Å². The number of fused-ring (bicyclic) bond motifs is 9. The van der Waals surface area contributed by atoms with Gasteiger partial charge in [0.25, 0.3) is 0 Å². The lowest BCUT2D eigenvalue weighted by Gasteiger charge is -2.40. The maximum absolute atomic E-state index is 5.03. The van der Waals surface area contributed by atoms with E-state index in [1.807, 2.05) is 48.2 Å². The van der Waals surface area contributed by atoms with Gasteiger partial charge in [-0.2, -0.15) is 0 Å². The molecule has 0 unspecified atom stereocenters. The van der Waals surface area contributed by atoms with Crippen LogP contribution < -0.4 is 0 Å². The predicted molar refractivity (Wildman–Crippen MR) is 231 cm³/mol. The fourth-order valence-electron chi connectivity index (χ4n) is 8.85. The normalized spacial score (nSPS) is 13.1. The average molecular weight is 731 g/mol. The molecule has 1 aliphatic heterocycles. The van der Waals surface area contributed by atoms with Crippen molar-refractivity contribution in [3.05, 3.63) is 229 Å². The van der Waals surface area contributed by atoms with E-state index in [9.17, 15) is 0 Å². The van der Waals surface area contributed by atoms with Gasteiger partial charge in [0.2, 0.25) is 0 Å². The fraction of sp³-hybridized carbons (Fsp3) is 0.0189. The van der Waals surface area contributed by atoms with Crippen LogP contribution >= 0.6 is 11.8 Å². The minimum atomic E-state index is -0.381. The van der Waals surface area contributed by atoms with Crippen LogP contribution in [-0.2, 0) is 5.41 Å². The van der Waals surface area contributed by atoms with Gasteiger partial charge < -0.3 is 0 Å². The molecule has 3 heteroatoms. The Kier molecular flexibility index (Phi) is 7.68. The quantitative estimate of drug-likeness (QED) is 0.176. The highest BCUT2D eigenvalue weighted by atomic mass is 32.2. The van der Waals surface area contributed by atoms with Crippen molar-refractivity contribution in [3.63, 3.8) is 0 Å². The first-order valence-corrected chi connectivity index (χ1v) is 19.9. The molecule has 0 bridgehead atoms. The molecule has 0 radical (unpaired) electrons. The van der Waals surface area contributed by atoms with Gasteiger partial charge >= 0.3 is 0 Å². The third kappa shape index (κ3) is 5.12. The summed E-state index contributed by atoms with van der Waals surface area (Å²) in [5, 5.41) is 0. The maximum atomic E-state index is 5.03. The Morgan fingerprint density at radius 1 is 0.321 bits per heavy atom. The number of hydrogen-bond acceptors (Lipinski definition) is 3. The topological polar surface area (TPSA) is 25.8 Å². The Bertz CT molecular complexity index is 2810. The van der Waals surface area contributed by atoms with Gasteiger partial charge in [0.1, 0.15) is 0 Å². The second-order valence-corrected chi connectivity index (χ2v) is 15.5. The SMILES string of the molecule is c1ccc(-c2cc(-c3ccccc3)nc(-c3ccc(-c4ccc(-c5cccc6c5Sc5ccccc5C65c6ccccc6-c6ccccc65)cc4)cc3)n2)cc1. The Morgan fingerprint density at radius 3 is 1.36 bits per heavy atom. The molecule has 1 aromatic heterocycles. The number of rotatable bonds is 5. The van der Waals surface area contributed by atoms with Gasteiger partial charge in [-0.25, -0.2) is 9.97 Å². The van der Waals surface area contributed by atoms with E-state index in [0.29, 0.717) is 5.82 Å². The van der Waals surface area contributed by atoms with E-state index >= 15 is 0 Å². The molecule has 11 rings (SSSR count). The van der Waals surface area contributed by atoms with Crippen LogP contribution in [0.5, 0.6) is 0 Å². The predicted octanol–water partition coefficient (Wildman–Crippen LogP) is 13.6. The Balaban J connectivity index is 0.965. The lowest BCUT2D eigenvalue weighted by Crippen LogP contribution is -2.32. The molecule has 2 heterocycles. The zero-order valence-electron chi connectivity index (χ0n) is 30.4. The monoisotopic (exact) mass is 730 g/mol. The van der Waals surface area contributed by atoms with Crippen LogP contribution in [0.2, 0.25) is 0 Å². The van der Waals surface area contributed by atoms with Crippen molar-refractivity contribution in [2.45, 2.75) is 15.2 Å². The summed E-state index contributed by atoms with van der Waals surface area (Å²) in [7, 11) is 0. The smallest absolute Gasteiger partial charge is 0.160 e. The molecule has 0 fully saturated rings. The van der Waals surface area contributed by atoms with E-state index in [2.05, 4.69) is 170 Å². The second-order valence-electron chi connectivity index (χ2n) is 14.5. The summed E-state index contributed by atoms with van der Waals surface area (Å²) in [5.74, 6) is 0.713. The van der Waals surface area contributed by atoms with Gasteiger partial charge in [-0.3, -0.25) is 0 Å². The number of nitrogens with zero attached hydrogens (tertiary/aromatic N) is 2. The van der Waals surface area contributed by atoms with Crippen molar-refractivity contribution in [3.8, 4) is 67.3 Å². The highest BCUT2D eigenvalue weighted by Crippen LogP contribution is 2.63. The Labute approximate surface area is 331 Å². The summed E-state index contributed by atoms with van der Waals surface area (Å²) in [4.78, 5) is 12.7. The Morgan fingerprint density at radius 2 is 0.768 bits per heavy atom. The van der Waals surface area contributed by atoms with Crippen LogP contribution in [0.25, 0.3) is 67.3 Å². The molecule has 0 saturated heterocycles. The molecular weight excluding hydrogens is 697 g/mol. The number of benzene rings is 8. The van der Waals surface area contributed by atoms with Crippen LogP contribution in [0.3, 0.4) is 0 Å². The first-order valence-electron chi connectivity index (χ1n) is 19.1. The molecule has 2 nitrogen and oxygen atoms in total. The molecule has 0 N–H and O–H groups in total. The fourth-order valence-corrected chi connectivity index (χ4v) is 10.2. The zero-order chi connectivity index (χ0) is 37.1. The van der Waals surface area contributed by atoms with E-state index in [0.717, 1.165) is 33.6 Å². The lowest BCUT2D eigenvalue weighted by atomic mass is 9.67. The van der Waals surface area contributed by atoms with E-state index in [4.69, 9.17) is 9.97 Å². The highest BCUT2D eigenvalue weighted by molar-refractivity contribution is 7.99. The molecule has 56 heavy (non-hydrogen) atoms. The Hall–Kier alpha value is -6.81.